The Kier molecular flexibility index (Phi) is 5.08. The van der Waals surface area contributed by atoms with Crippen LogP contribution in [0.2, 0.25) is 0 Å². The molecule has 3 aromatic heterocycles. The fourth-order valence-electron chi connectivity index (χ4n) is 4.15. The van der Waals surface area contributed by atoms with Crippen LogP contribution in [0.4, 0.5) is 0 Å². The predicted octanol–water partition coefficient (Wildman–Crippen LogP) is 5.65. The van der Waals surface area contributed by atoms with Crippen LogP contribution in [-0.2, 0) is 13.6 Å². The highest BCUT2D eigenvalue weighted by molar-refractivity contribution is 9.10. The number of fused-ring (bicyclic) bond motifs is 1. The average molecular weight is 480 g/mol. The first kappa shape index (κ1) is 20.2. The molecular weight excluding hydrogens is 454 g/mol. The Labute approximate surface area is 190 Å². The van der Waals surface area contributed by atoms with E-state index < -0.39 is 0 Å². The van der Waals surface area contributed by atoms with Gasteiger partial charge in [-0.05, 0) is 58.5 Å². The molecule has 0 spiro atoms. The van der Waals surface area contributed by atoms with Gasteiger partial charge in [-0.2, -0.15) is 5.10 Å². The van der Waals surface area contributed by atoms with Gasteiger partial charge in [0.15, 0.2) is 5.65 Å². The Morgan fingerprint density at radius 1 is 1.16 bits per heavy atom. The lowest BCUT2D eigenvalue weighted by atomic mass is 10.0. The summed E-state index contributed by atoms with van der Waals surface area (Å²) in [7, 11) is 3.79. The summed E-state index contributed by atoms with van der Waals surface area (Å²) in [4.78, 5) is 9.84. The van der Waals surface area contributed by atoms with Gasteiger partial charge in [-0.25, -0.2) is 9.97 Å². The van der Waals surface area contributed by atoms with Gasteiger partial charge in [0, 0.05) is 30.1 Å². The van der Waals surface area contributed by atoms with Crippen LogP contribution in [0.25, 0.3) is 22.4 Å². The zero-order valence-electron chi connectivity index (χ0n) is 18.3. The molecule has 5 rings (SSSR count). The molecule has 0 aliphatic heterocycles. The van der Waals surface area contributed by atoms with Crippen molar-refractivity contribution in [2.75, 3.05) is 7.11 Å². The van der Waals surface area contributed by atoms with Gasteiger partial charge in [0.05, 0.1) is 25.0 Å². The van der Waals surface area contributed by atoms with Crippen molar-refractivity contribution >= 4 is 27.0 Å². The molecular formula is C24H26BrN5O. The molecule has 1 aromatic carbocycles. The second-order valence-electron chi connectivity index (χ2n) is 8.61. The Bertz CT molecular complexity index is 1250. The highest BCUT2D eigenvalue weighted by atomic mass is 79.9. The Hall–Kier alpha value is -2.67. The third kappa shape index (κ3) is 3.76. The quantitative estimate of drug-likeness (QED) is 0.358. The van der Waals surface area contributed by atoms with Crippen molar-refractivity contribution in [2.24, 2.45) is 7.05 Å². The SMILES string of the molecule is COc1ccc(Cn2cc3cc(-c4nc(Br)c(C5CC5)n4C)c(C(C)C)nc3n2)cc1. The van der Waals surface area contributed by atoms with Crippen LogP contribution >= 0.6 is 15.9 Å². The Morgan fingerprint density at radius 3 is 2.55 bits per heavy atom. The molecule has 4 aromatic rings. The van der Waals surface area contributed by atoms with E-state index in [9.17, 15) is 0 Å². The third-order valence-corrected chi connectivity index (χ3v) is 6.51. The van der Waals surface area contributed by atoms with E-state index in [1.807, 2.05) is 16.8 Å². The highest BCUT2D eigenvalue weighted by Gasteiger charge is 2.31. The number of hydrogen-bond acceptors (Lipinski definition) is 4. The van der Waals surface area contributed by atoms with Crippen LogP contribution in [0.1, 0.15) is 55.5 Å². The standard InChI is InChI=1S/C24H26BrN5O/c1-14(2)20-19(24-27-22(25)21(29(24)3)16-7-8-16)11-17-13-30(28-23(17)26-20)12-15-5-9-18(31-4)10-6-15/h5-6,9-11,13-14,16H,7-8,12H2,1-4H3. The zero-order valence-corrected chi connectivity index (χ0v) is 19.8. The molecule has 0 atom stereocenters. The van der Waals surface area contributed by atoms with E-state index in [-0.39, 0.29) is 5.92 Å². The number of halogens is 1. The van der Waals surface area contributed by atoms with Gasteiger partial charge < -0.3 is 9.30 Å². The van der Waals surface area contributed by atoms with Crippen LogP contribution in [0, 0.1) is 0 Å². The summed E-state index contributed by atoms with van der Waals surface area (Å²) in [6.07, 6.45) is 4.55. The number of aromatic nitrogens is 5. The highest BCUT2D eigenvalue weighted by Crippen LogP contribution is 2.45. The number of benzene rings is 1. The van der Waals surface area contributed by atoms with E-state index in [0.717, 1.165) is 38.5 Å². The van der Waals surface area contributed by atoms with E-state index in [4.69, 9.17) is 19.8 Å². The molecule has 6 nitrogen and oxygen atoms in total. The molecule has 0 saturated heterocycles. The first-order valence-corrected chi connectivity index (χ1v) is 11.5. The molecule has 1 saturated carbocycles. The Morgan fingerprint density at radius 2 is 1.90 bits per heavy atom. The van der Waals surface area contributed by atoms with Crippen LogP contribution in [0.3, 0.4) is 0 Å². The maximum atomic E-state index is 5.25. The number of imidazole rings is 1. The van der Waals surface area contributed by atoms with E-state index in [1.54, 1.807) is 7.11 Å². The minimum atomic E-state index is 0.269. The van der Waals surface area contributed by atoms with E-state index in [1.165, 1.54) is 24.1 Å². The van der Waals surface area contributed by atoms with Gasteiger partial charge in [0.2, 0.25) is 0 Å². The molecule has 0 unspecified atom stereocenters. The number of pyridine rings is 1. The van der Waals surface area contributed by atoms with Gasteiger partial charge in [0.25, 0.3) is 0 Å². The maximum Gasteiger partial charge on any atom is 0.181 e. The lowest BCUT2D eigenvalue weighted by molar-refractivity contribution is 0.414. The molecule has 0 radical (unpaired) electrons. The van der Waals surface area contributed by atoms with Crippen LogP contribution in [-0.4, -0.2) is 31.4 Å². The summed E-state index contributed by atoms with van der Waals surface area (Å²) >= 11 is 3.69. The van der Waals surface area contributed by atoms with Crippen LogP contribution < -0.4 is 4.74 Å². The normalized spacial score (nSPS) is 14.0. The van der Waals surface area contributed by atoms with E-state index in [2.05, 4.69) is 65.8 Å². The van der Waals surface area contributed by atoms with Gasteiger partial charge in [0.1, 0.15) is 16.2 Å². The van der Waals surface area contributed by atoms with Crippen molar-refractivity contribution < 1.29 is 4.74 Å². The fraction of sp³-hybridized carbons (Fsp3) is 0.375. The van der Waals surface area contributed by atoms with Crippen molar-refractivity contribution in [3.05, 3.63) is 58.1 Å². The second-order valence-corrected chi connectivity index (χ2v) is 9.36. The van der Waals surface area contributed by atoms with Gasteiger partial charge in [-0.15, -0.1) is 0 Å². The van der Waals surface area contributed by atoms with E-state index in [0.29, 0.717) is 12.5 Å². The molecule has 160 valence electrons. The summed E-state index contributed by atoms with van der Waals surface area (Å²) in [6, 6.07) is 10.3. The summed E-state index contributed by atoms with van der Waals surface area (Å²) in [5, 5.41) is 5.78. The molecule has 3 heterocycles. The molecule has 0 bridgehead atoms. The van der Waals surface area contributed by atoms with Crippen molar-refractivity contribution in [3.8, 4) is 17.1 Å². The fourth-order valence-corrected chi connectivity index (χ4v) is 4.91. The van der Waals surface area contributed by atoms with E-state index >= 15 is 0 Å². The molecule has 1 aliphatic carbocycles. The average Bonchev–Trinajstić information content (AvgIpc) is 3.43. The number of hydrogen-bond donors (Lipinski definition) is 0. The molecule has 0 N–H and O–H groups in total. The molecule has 31 heavy (non-hydrogen) atoms. The topological polar surface area (TPSA) is 57.8 Å². The summed E-state index contributed by atoms with van der Waals surface area (Å²) in [5.74, 6) is 2.71. The number of ether oxygens (including phenoxy) is 1. The monoisotopic (exact) mass is 479 g/mol. The largest absolute Gasteiger partial charge is 0.497 e. The summed E-state index contributed by atoms with van der Waals surface area (Å²) in [5.41, 5.74) is 5.35. The van der Waals surface area contributed by atoms with Gasteiger partial charge >= 0.3 is 0 Å². The minimum absolute atomic E-state index is 0.269. The Balaban J connectivity index is 1.56. The molecule has 0 amide bonds. The molecule has 1 aliphatic rings. The smallest absolute Gasteiger partial charge is 0.181 e. The van der Waals surface area contributed by atoms with Crippen molar-refractivity contribution in [2.45, 2.75) is 45.1 Å². The number of methoxy groups -OCH3 is 1. The van der Waals surface area contributed by atoms with Crippen molar-refractivity contribution in [3.63, 3.8) is 0 Å². The van der Waals surface area contributed by atoms with Crippen LogP contribution in [0.15, 0.2) is 41.1 Å². The summed E-state index contributed by atoms with van der Waals surface area (Å²) in [6.45, 7) is 5.03. The first-order valence-electron chi connectivity index (χ1n) is 10.7. The lowest BCUT2D eigenvalue weighted by Gasteiger charge is -2.12. The predicted molar refractivity (Wildman–Crippen MR) is 126 cm³/mol. The van der Waals surface area contributed by atoms with Crippen molar-refractivity contribution in [1.29, 1.82) is 0 Å². The number of rotatable bonds is 6. The second kappa shape index (κ2) is 7.79. The minimum Gasteiger partial charge on any atom is -0.497 e. The van der Waals surface area contributed by atoms with Gasteiger partial charge in [-0.1, -0.05) is 26.0 Å². The van der Waals surface area contributed by atoms with Crippen LogP contribution in [0.5, 0.6) is 5.75 Å². The lowest BCUT2D eigenvalue weighted by Crippen LogP contribution is -2.03. The maximum absolute atomic E-state index is 5.25. The van der Waals surface area contributed by atoms with Gasteiger partial charge in [-0.3, -0.25) is 4.68 Å². The third-order valence-electron chi connectivity index (χ3n) is 5.92. The zero-order chi connectivity index (χ0) is 21.7. The molecule has 7 heteroatoms. The summed E-state index contributed by atoms with van der Waals surface area (Å²) < 4.78 is 10.4. The molecule has 1 fully saturated rings. The van der Waals surface area contributed by atoms with Crippen molar-refractivity contribution in [1.82, 2.24) is 24.3 Å². The first-order chi connectivity index (χ1) is 14.9. The number of nitrogens with zero attached hydrogens (tertiary/aromatic N) is 5.